The first-order chi connectivity index (χ1) is 11.2. The summed E-state index contributed by atoms with van der Waals surface area (Å²) in [4.78, 5) is 22.3. The lowest BCUT2D eigenvalue weighted by Gasteiger charge is -2.03. The van der Waals surface area contributed by atoms with E-state index in [0.717, 1.165) is 38.5 Å². The first-order valence-electron chi connectivity index (χ1n) is 9.96. The molecule has 0 bridgehead atoms. The number of hydrogen-bond acceptors (Lipinski definition) is 2. The molecule has 136 valence electrons. The molecule has 3 nitrogen and oxygen atoms in total. The Kier molecular flexibility index (Phi) is 16.8. The van der Waals surface area contributed by atoms with Crippen LogP contribution in [0.4, 0.5) is 0 Å². The molecule has 0 radical (unpaired) electrons. The van der Waals surface area contributed by atoms with E-state index >= 15 is 0 Å². The smallest absolute Gasteiger partial charge is 0.217 e. The van der Waals surface area contributed by atoms with Gasteiger partial charge in [0.1, 0.15) is 5.78 Å². The summed E-state index contributed by atoms with van der Waals surface area (Å²) in [5.41, 5.74) is 5.11. The molecule has 0 fully saturated rings. The average Bonchev–Trinajstić information content (AvgIpc) is 2.52. The zero-order valence-corrected chi connectivity index (χ0v) is 15.4. The van der Waals surface area contributed by atoms with Gasteiger partial charge in [-0.1, -0.05) is 77.6 Å². The highest BCUT2D eigenvalue weighted by Gasteiger charge is 2.01. The predicted molar refractivity (Wildman–Crippen MR) is 98.4 cm³/mol. The Labute approximate surface area is 143 Å². The molecule has 0 saturated carbocycles. The van der Waals surface area contributed by atoms with Crippen molar-refractivity contribution in [2.45, 2.75) is 116 Å². The minimum absolute atomic E-state index is 0.176. The van der Waals surface area contributed by atoms with Gasteiger partial charge in [0.15, 0.2) is 0 Å². The first kappa shape index (κ1) is 22.1. The second-order valence-electron chi connectivity index (χ2n) is 6.85. The SMILES string of the molecule is CCCCCCC(=O)CCCCCCCCCCCCC(N)=O. The van der Waals surface area contributed by atoms with Gasteiger partial charge in [0.25, 0.3) is 0 Å². The zero-order chi connectivity index (χ0) is 17.2. The van der Waals surface area contributed by atoms with Gasteiger partial charge in [-0.3, -0.25) is 9.59 Å². The van der Waals surface area contributed by atoms with E-state index < -0.39 is 0 Å². The Morgan fingerprint density at radius 2 is 0.913 bits per heavy atom. The number of nitrogens with two attached hydrogens (primary N) is 1. The van der Waals surface area contributed by atoms with E-state index in [1.54, 1.807) is 0 Å². The predicted octanol–water partition coefficient (Wildman–Crippen LogP) is 5.69. The molecule has 0 rings (SSSR count). The summed E-state index contributed by atoms with van der Waals surface area (Å²) in [6, 6.07) is 0. The largest absolute Gasteiger partial charge is 0.370 e. The molecule has 0 aromatic rings. The summed E-state index contributed by atoms with van der Waals surface area (Å²) in [6.07, 6.45) is 19.0. The Hall–Kier alpha value is -0.860. The van der Waals surface area contributed by atoms with E-state index in [0.29, 0.717) is 12.2 Å². The van der Waals surface area contributed by atoms with Gasteiger partial charge < -0.3 is 5.73 Å². The Morgan fingerprint density at radius 3 is 1.30 bits per heavy atom. The van der Waals surface area contributed by atoms with Crippen molar-refractivity contribution < 1.29 is 9.59 Å². The van der Waals surface area contributed by atoms with Crippen molar-refractivity contribution in [1.29, 1.82) is 0 Å². The number of amides is 1. The third-order valence-corrected chi connectivity index (χ3v) is 4.44. The van der Waals surface area contributed by atoms with Crippen molar-refractivity contribution in [3.05, 3.63) is 0 Å². The molecule has 0 atom stereocenters. The van der Waals surface area contributed by atoms with Crippen LogP contribution in [0.25, 0.3) is 0 Å². The summed E-state index contributed by atoms with van der Waals surface area (Å²) >= 11 is 0. The van der Waals surface area contributed by atoms with Crippen LogP contribution in [0.3, 0.4) is 0 Å². The van der Waals surface area contributed by atoms with Crippen LogP contribution in [0, 0.1) is 0 Å². The lowest BCUT2D eigenvalue weighted by atomic mass is 10.0. The Morgan fingerprint density at radius 1 is 0.565 bits per heavy atom. The van der Waals surface area contributed by atoms with Crippen LogP contribution in [-0.4, -0.2) is 11.7 Å². The van der Waals surface area contributed by atoms with E-state index in [1.807, 2.05) is 0 Å². The third-order valence-electron chi connectivity index (χ3n) is 4.44. The number of hydrogen-bond donors (Lipinski definition) is 1. The van der Waals surface area contributed by atoms with E-state index in [-0.39, 0.29) is 5.91 Å². The second-order valence-corrected chi connectivity index (χ2v) is 6.85. The lowest BCUT2D eigenvalue weighted by molar-refractivity contribution is -0.119. The summed E-state index contributed by atoms with van der Waals surface area (Å²) in [5, 5.41) is 0. The highest BCUT2D eigenvalue weighted by atomic mass is 16.1. The molecule has 0 aliphatic rings. The van der Waals surface area contributed by atoms with Gasteiger partial charge in [0.05, 0.1) is 0 Å². The Bertz CT molecular complexity index is 289. The van der Waals surface area contributed by atoms with Gasteiger partial charge in [-0.2, -0.15) is 0 Å². The van der Waals surface area contributed by atoms with Crippen LogP contribution in [-0.2, 0) is 9.59 Å². The maximum absolute atomic E-state index is 11.7. The van der Waals surface area contributed by atoms with Crippen molar-refractivity contribution in [2.75, 3.05) is 0 Å². The minimum Gasteiger partial charge on any atom is -0.370 e. The molecule has 23 heavy (non-hydrogen) atoms. The normalized spacial score (nSPS) is 10.8. The molecular formula is C20H39NO2. The van der Waals surface area contributed by atoms with Gasteiger partial charge in [-0.25, -0.2) is 0 Å². The summed E-state index contributed by atoms with van der Waals surface area (Å²) in [6.45, 7) is 2.20. The standard InChI is InChI=1S/C20H39NO2/c1-2-3-4-13-16-19(22)17-14-11-9-7-5-6-8-10-12-15-18-20(21)23/h2-18H2,1H3,(H2,21,23). The molecule has 0 spiro atoms. The molecule has 0 aliphatic carbocycles. The lowest BCUT2D eigenvalue weighted by Crippen LogP contribution is -2.09. The fourth-order valence-corrected chi connectivity index (χ4v) is 2.91. The number of carbonyl (C=O) groups is 2. The van der Waals surface area contributed by atoms with Crippen LogP contribution in [0.15, 0.2) is 0 Å². The van der Waals surface area contributed by atoms with E-state index in [4.69, 9.17) is 5.73 Å². The molecular weight excluding hydrogens is 286 g/mol. The molecule has 0 aromatic carbocycles. The number of ketones is 1. The third kappa shape index (κ3) is 19.1. The monoisotopic (exact) mass is 325 g/mol. The maximum Gasteiger partial charge on any atom is 0.217 e. The number of Topliss-reactive ketones (excluding diaryl/α,β-unsaturated/α-hetero) is 1. The molecule has 3 heteroatoms. The van der Waals surface area contributed by atoms with Crippen LogP contribution in [0.1, 0.15) is 116 Å². The van der Waals surface area contributed by atoms with Crippen LogP contribution in [0.2, 0.25) is 0 Å². The minimum atomic E-state index is -0.176. The molecule has 0 saturated heterocycles. The fourth-order valence-electron chi connectivity index (χ4n) is 2.91. The molecule has 2 N–H and O–H groups in total. The number of carbonyl (C=O) groups excluding carboxylic acids is 2. The highest BCUT2D eigenvalue weighted by molar-refractivity contribution is 5.78. The molecule has 0 heterocycles. The summed E-state index contributed by atoms with van der Waals surface area (Å²) in [5.74, 6) is 0.293. The van der Waals surface area contributed by atoms with Gasteiger partial charge in [0.2, 0.25) is 5.91 Å². The van der Waals surface area contributed by atoms with Gasteiger partial charge in [-0.15, -0.1) is 0 Å². The maximum atomic E-state index is 11.7. The number of primary amides is 1. The first-order valence-corrected chi connectivity index (χ1v) is 9.96. The van der Waals surface area contributed by atoms with Crippen molar-refractivity contribution in [3.8, 4) is 0 Å². The van der Waals surface area contributed by atoms with E-state index in [1.165, 1.54) is 64.2 Å². The summed E-state index contributed by atoms with van der Waals surface area (Å²) < 4.78 is 0. The van der Waals surface area contributed by atoms with Crippen molar-refractivity contribution in [3.63, 3.8) is 0 Å². The highest BCUT2D eigenvalue weighted by Crippen LogP contribution is 2.13. The molecule has 0 aliphatic heterocycles. The topological polar surface area (TPSA) is 60.2 Å². The summed E-state index contributed by atoms with van der Waals surface area (Å²) in [7, 11) is 0. The van der Waals surface area contributed by atoms with Crippen LogP contribution < -0.4 is 5.73 Å². The van der Waals surface area contributed by atoms with E-state index in [9.17, 15) is 9.59 Å². The van der Waals surface area contributed by atoms with Crippen molar-refractivity contribution in [2.24, 2.45) is 5.73 Å². The zero-order valence-electron chi connectivity index (χ0n) is 15.4. The number of rotatable bonds is 18. The molecule has 0 unspecified atom stereocenters. The van der Waals surface area contributed by atoms with Crippen molar-refractivity contribution in [1.82, 2.24) is 0 Å². The average molecular weight is 326 g/mol. The van der Waals surface area contributed by atoms with Crippen LogP contribution in [0.5, 0.6) is 0 Å². The van der Waals surface area contributed by atoms with E-state index in [2.05, 4.69) is 6.92 Å². The quantitative estimate of drug-likeness (QED) is 0.329. The number of unbranched alkanes of at least 4 members (excludes halogenated alkanes) is 12. The molecule has 1 amide bonds. The van der Waals surface area contributed by atoms with Crippen LogP contribution >= 0.6 is 0 Å². The van der Waals surface area contributed by atoms with Gasteiger partial charge >= 0.3 is 0 Å². The second kappa shape index (κ2) is 17.5. The van der Waals surface area contributed by atoms with Gasteiger partial charge in [0, 0.05) is 19.3 Å². The van der Waals surface area contributed by atoms with Gasteiger partial charge in [-0.05, 0) is 19.3 Å². The Balaban J connectivity index is 3.12. The molecule has 0 aromatic heterocycles. The fraction of sp³-hybridized carbons (Fsp3) is 0.900. The van der Waals surface area contributed by atoms with Crippen molar-refractivity contribution >= 4 is 11.7 Å².